The van der Waals surface area contributed by atoms with E-state index in [1.54, 1.807) is 30.3 Å². The number of hydrogen-bond acceptors (Lipinski definition) is 4. The van der Waals surface area contributed by atoms with Gasteiger partial charge in [0.1, 0.15) is 11.5 Å². The number of halogens is 1. The van der Waals surface area contributed by atoms with Crippen molar-refractivity contribution < 1.29 is 19.1 Å². The normalized spacial score (nSPS) is 10.3. The quantitative estimate of drug-likeness (QED) is 0.565. The summed E-state index contributed by atoms with van der Waals surface area (Å²) in [5.41, 5.74) is 2.00. The summed E-state index contributed by atoms with van der Waals surface area (Å²) in [6.07, 6.45) is 0.648. The van der Waals surface area contributed by atoms with Crippen LogP contribution in [0.4, 0.5) is 0 Å². The van der Waals surface area contributed by atoms with E-state index in [2.05, 4.69) is 0 Å². The molecule has 0 amide bonds. The van der Waals surface area contributed by atoms with Crippen LogP contribution in [0.2, 0.25) is 5.02 Å². The van der Waals surface area contributed by atoms with E-state index in [1.165, 1.54) is 0 Å². The Bertz CT molecular complexity index is 740. The van der Waals surface area contributed by atoms with Gasteiger partial charge in [0.15, 0.2) is 0 Å². The molecule has 0 aliphatic carbocycles. The third-order valence-corrected chi connectivity index (χ3v) is 3.80. The second kappa shape index (κ2) is 8.50. The number of esters is 2. The van der Waals surface area contributed by atoms with Gasteiger partial charge in [0.05, 0.1) is 0 Å². The number of carbonyl (C=O) groups is 2. The highest BCUT2D eigenvalue weighted by Gasteiger charge is 2.11. The maximum Gasteiger partial charge on any atom is 0.311 e. The summed E-state index contributed by atoms with van der Waals surface area (Å²) in [6.45, 7) is 3.86. The maximum atomic E-state index is 11.9. The molecule has 2 aromatic carbocycles. The van der Waals surface area contributed by atoms with Crippen molar-refractivity contribution in [2.75, 3.05) is 0 Å². The van der Waals surface area contributed by atoms with Gasteiger partial charge in [-0.1, -0.05) is 29.8 Å². The van der Waals surface area contributed by atoms with Crippen LogP contribution < -0.4 is 9.47 Å². The van der Waals surface area contributed by atoms with Crippen molar-refractivity contribution in [1.29, 1.82) is 0 Å². The van der Waals surface area contributed by atoms with Crippen LogP contribution in [-0.2, 0) is 9.59 Å². The summed E-state index contributed by atoms with van der Waals surface area (Å²) in [6, 6.07) is 12.2. The van der Waals surface area contributed by atoms with E-state index in [-0.39, 0.29) is 18.8 Å². The molecule has 2 rings (SSSR count). The molecule has 0 N–H and O–H groups in total. The topological polar surface area (TPSA) is 52.6 Å². The molecule has 0 aliphatic rings. The predicted octanol–water partition coefficient (Wildman–Crippen LogP) is 4.64. The minimum absolute atomic E-state index is 0.133. The fourth-order valence-corrected chi connectivity index (χ4v) is 2.28. The van der Waals surface area contributed by atoms with E-state index in [0.29, 0.717) is 22.9 Å². The molecule has 24 heavy (non-hydrogen) atoms. The van der Waals surface area contributed by atoms with Gasteiger partial charge < -0.3 is 9.47 Å². The first-order chi connectivity index (χ1) is 11.5. The number of hydrogen-bond donors (Lipinski definition) is 0. The van der Waals surface area contributed by atoms with E-state index in [4.69, 9.17) is 21.1 Å². The van der Waals surface area contributed by atoms with Crippen molar-refractivity contribution in [1.82, 2.24) is 0 Å². The van der Waals surface area contributed by atoms with Crippen molar-refractivity contribution in [3.63, 3.8) is 0 Å². The van der Waals surface area contributed by atoms with Gasteiger partial charge in [0.25, 0.3) is 0 Å². The summed E-state index contributed by atoms with van der Waals surface area (Å²) < 4.78 is 10.5. The zero-order valence-corrected chi connectivity index (χ0v) is 14.4. The van der Waals surface area contributed by atoms with Crippen LogP contribution in [0.1, 0.15) is 30.4 Å². The fourth-order valence-electron chi connectivity index (χ4n) is 2.10. The van der Waals surface area contributed by atoms with Crippen LogP contribution >= 0.6 is 11.6 Å². The third kappa shape index (κ3) is 5.39. The average molecular weight is 347 g/mol. The van der Waals surface area contributed by atoms with Gasteiger partial charge in [0.2, 0.25) is 0 Å². The summed E-state index contributed by atoms with van der Waals surface area (Å²) in [5, 5.41) is 0.498. The lowest BCUT2D eigenvalue weighted by Gasteiger charge is -2.09. The number of carbonyl (C=O) groups excluding carboxylic acids is 2. The van der Waals surface area contributed by atoms with Crippen LogP contribution in [0.3, 0.4) is 0 Å². The fraction of sp³-hybridized carbons (Fsp3) is 0.263. The molecular formula is C19H19ClO4. The molecule has 0 radical (unpaired) electrons. The Labute approximate surface area is 146 Å². The molecular weight excluding hydrogens is 328 g/mol. The number of benzene rings is 2. The van der Waals surface area contributed by atoms with Crippen molar-refractivity contribution in [2.45, 2.75) is 33.1 Å². The van der Waals surface area contributed by atoms with Crippen molar-refractivity contribution in [2.24, 2.45) is 0 Å². The molecule has 0 aromatic heterocycles. The van der Waals surface area contributed by atoms with Crippen LogP contribution in [0.15, 0.2) is 42.5 Å². The summed E-state index contributed by atoms with van der Waals surface area (Å²) in [5.74, 6) is 0.183. The Balaban J connectivity index is 1.76. The van der Waals surface area contributed by atoms with Gasteiger partial charge >= 0.3 is 11.9 Å². The largest absolute Gasteiger partial charge is 0.426 e. The first-order valence-corrected chi connectivity index (χ1v) is 8.06. The van der Waals surface area contributed by atoms with E-state index >= 15 is 0 Å². The average Bonchev–Trinajstić information content (AvgIpc) is 2.52. The Kier molecular flexibility index (Phi) is 6.38. The summed E-state index contributed by atoms with van der Waals surface area (Å²) in [7, 11) is 0. The highest BCUT2D eigenvalue weighted by atomic mass is 35.5. The second-order valence-electron chi connectivity index (χ2n) is 5.46. The third-order valence-electron chi connectivity index (χ3n) is 3.57. The van der Waals surface area contributed by atoms with Crippen molar-refractivity contribution in [3.05, 3.63) is 58.6 Å². The highest BCUT2D eigenvalue weighted by Crippen LogP contribution is 2.21. The first kappa shape index (κ1) is 18.0. The molecule has 0 saturated heterocycles. The van der Waals surface area contributed by atoms with E-state index in [9.17, 15) is 9.59 Å². The Morgan fingerprint density at radius 2 is 1.62 bits per heavy atom. The van der Waals surface area contributed by atoms with Gasteiger partial charge in [0, 0.05) is 17.9 Å². The van der Waals surface area contributed by atoms with Gasteiger partial charge in [-0.3, -0.25) is 9.59 Å². The van der Waals surface area contributed by atoms with Crippen LogP contribution in [-0.4, -0.2) is 11.9 Å². The number of aryl methyl sites for hydroxylation is 1. The molecule has 0 unspecified atom stereocenters. The zero-order valence-electron chi connectivity index (χ0n) is 13.7. The Morgan fingerprint density at radius 3 is 2.33 bits per heavy atom. The maximum absolute atomic E-state index is 11.9. The molecule has 0 bridgehead atoms. The molecule has 4 nitrogen and oxygen atoms in total. The standard InChI is InChI=1S/C19H19ClO4/c1-13-6-3-9-17(14(13)2)24-19(22)11-5-10-18(21)23-16-8-4-7-15(20)12-16/h3-4,6-9,12H,5,10-11H2,1-2H3. The molecule has 0 aliphatic heterocycles. The minimum Gasteiger partial charge on any atom is -0.426 e. The van der Waals surface area contributed by atoms with E-state index in [1.807, 2.05) is 26.0 Å². The Morgan fingerprint density at radius 1 is 0.958 bits per heavy atom. The minimum atomic E-state index is -0.406. The van der Waals surface area contributed by atoms with Gasteiger partial charge in [-0.25, -0.2) is 0 Å². The van der Waals surface area contributed by atoms with Crippen molar-refractivity contribution >= 4 is 23.5 Å². The van der Waals surface area contributed by atoms with E-state index in [0.717, 1.165) is 11.1 Å². The van der Waals surface area contributed by atoms with Gasteiger partial charge in [-0.15, -0.1) is 0 Å². The lowest BCUT2D eigenvalue weighted by Crippen LogP contribution is -2.12. The monoisotopic (exact) mass is 346 g/mol. The molecule has 2 aromatic rings. The molecule has 0 heterocycles. The lowest BCUT2D eigenvalue weighted by atomic mass is 10.1. The SMILES string of the molecule is Cc1cccc(OC(=O)CCCC(=O)Oc2cccc(Cl)c2)c1C. The first-order valence-electron chi connectivity index (χ1n) is 7.69. The molecule has 0 atom stereocenters. The molecule has 0 saturated carbocycles. The smallest absolute Gasteiger partial charge is 0.311 e. The molecule has 0 fully saturated rings. The van der Waals surface area contributed by atoms with Crippen LogP contribution in [0, 0.1) is 13.8 Å². The lowest BCUT2D eigenvalue weighted by molar-refractivity contribution is -0.136. The summed E-state index contributed by atoms with van der Waals surface area (Å²) >= 11 is 5.82. The van der Waals surface area contributed by atoms with Gasteiger partial charge in [-0.2, -0.15) is 0 Å². The molecule has 5 heteroatoms. The van der Waals surface area contributed by atoms with Crippen LogP contribution in [0.5, 0.6) is 11.5 Å². The van der Waals surface area contributed by atoms with Gasteiger partial charge in [-0.05, 0) is 55.7 Å². The van der Waals surface area contributed by atoms with Crippen LogP contribution in [0.25, 0.3) is 0 Å². The zero-order chi connectivity index (χ0) is 17.5. The molecule has 126 valence electrons. The number of rotatable bonds is 6. The molecule has 0 spiro atoms. The number of ether oxygens (including phenoxy) is 2. The second-order valence-corrected chi connectivity index (χ2v) is 5.89. The Hall–Kier alpha value is -2.33. The van der Waals surface area contributed by atoms with Crippen molar-refractivity contribution in [3.8, 4) is 11.5 Å². The highest BCUT2D eigenvalue weighted by molar-refractivity contribution is 6.30. The predicted molar refractivity (Wildman–Crippen MR) is 92.5 cm³/mol. The van der Waals surface area contributed by atoms with E-state index < -0.39 is 5.97 Å². The summed E-state index contributed by atoms with van der Waals surface area (Å²) in [4.78, 5) is 23.6.